The highest BCUT2D eigenvalue weighted by Gasteiger charge is 2.49. The van der Waals surface area contributed by atoms with E-state index in [1.54, 1.807) is 91.1 Å². The van der Waals surface area contributed by atoms with Crippen molar-refractivity contribution in [1.29, 1.82) is 0 Å². The van der Waals surface area contributed by atoms with Gasteiger partial charge in [-0.25, -0.2) is 0 Å². The fraction of sp³-hybridized carbons (Fsp3) is 0.484. The number of amides is 17. The molecule has 41 nitrogen and oxygen atoms in total. The van der Waals surface area contributed by atoms with Crippen LogP contribution in [0.1, 0.15) is 147 Å². The van der Waals surface area contributed by atoms with Gasteiger partial charge in [0.05, 0.1) is 32.1 Å². The first-order chi connectivity index (χ1) is 63.4. The summed E-state index contributed by atoms with van der Waals surface area (Å²) >= 11 is 0. The number of aromatic amines is 1. The Morgan fingerprint density at radius 1 is 0.627 bits per heavy atom. The fourth-order valence-electron chi connectivity index (χ4n) is 15.2. The molecule has 2 saturated heterocycles. The summed E-state index contributed by atoms with van der Waals surface area (Å²) in [5.74, 6) is -18.4. The van der Waals surface area contributed by atoms with Crippen LogP contribution in [-0.4, -0.2) is 259 Å². The van der Waals surface area contributed by atoms with Crippen molar-refractivity contribution in [2.75, 3.05) is 40.0 Å². The first kappa shape index (κ1) is 106. The number of carbonyl (C=O) groups excluding carboxylic acids is 17. The van der Waals surface area contributed by atoms with Crippen LogP contribution >= 0.6 is 21.6 Å². The van der Waals surface area contributed by atoms with Crippen molar-refractivity contribution in [2.45, 2.75) is 240 Å². The third-order valence-electron chi connectivity index (χ3n) is 22.5. The number of pyridine rings is 1. The van der Waals surface area contributed by atoms with Crippen LogP contribution in [0.2, 0.25) is 0 Å². The molecule has 8 rings (SSSR count). The van der Waals surface area contributed by atoms with Gasteiger partial charge in [0, 0.05) is 125 Å². The first-order valence-electron chi connectivity index (χ1n) is 43.8. The molecular weight excluding hydrogens is 1780 g/mol. The van der Waals surface area contributed by atoms with Crippen molar-refractivity contribution in [3.8, 4) is 5.75 Å². The van der Waals surface area contributed by atoms with E-state index in [4.69, 9.17) is 26.7 Å². The van der Waals surface area contributed by atoms with E-state index < -0.39 is 227 Å². The highest BCUT2D eigenvalue weighted by atomic mass is 33.1. The number of aromatic nitrogens is 2. The van der Waals surface area contributed by atoms with E-state index >= 15 is 28.8 Å². The average Bonchev–Trinajstić information content (AvgIpc) is 1.55. The highest BCUT2D eigenvalue weighted by Crippen LogP contribution is 2.47. The smallest absolute Gasteiger partial charge is 0.303 e. The molecule has 4 aromatic carbocycles. The van der Waals surface area contributed by atoms with E-state index in [-0.39, 0.29) is 77.0 Å². The van der Waals surface area contributed by atoms with Crippen LogP contribution in [0.5, 0.6) is 5.75 Å². The molecule has 17 amide bonds. The predicted octanol–water partition coefficient (Wildman–Crippen LogP) is -0.699. The number of hydrogen-bond donors (Lipinski definition) is 19. The summed E-state index contributed by atoms with van der Waals surface area (Å²) in [6.45, 7) is 12.7. The topological polar surface area (TPSA) is 633 Å². The van der Waals surface area contributed by atoms with Gasteiger partial charge in [0.15, 0.2) is 0 Å². The first-order valence-corrected chi connectivity index (χ1v) is 46.0. The van der Waals surface area contributed by atoms with Gasteiger partial charge < -0.3 is 116 Å². The van der Waals surface area contributed by atoms with Gasteiger partial charge in [-0.1, -0.05) is 107 Å². The zero-order valence-corrected chi connectivity index (χ0v) is 78.0. The summed E-state index contributed by atoms with van der Waals surface area (Å²) < 4.78 is 8.40. The number of hydrogen-bond acceptors (Lipinski definition) is 24. The summed E-state index contributed by atoms with van der Waals surface area (Å²) in [5.41, 5.74) is 17.8. The number of carbonyl (C=O) groups is 18. The molecule has 22 N–H and O–H groups in total. The number of rotatable bonds is 40. The molecule has 0 unspecified atom stereocenters. The lowest BCUT2D eigenvalue weighted by Crippen LogP contribution is -2.67. The number of para-hydroxylation sites is 1. The van der Waals surface area contributed by atoms with Crippen molar-refractivity contribution in [3.63, 3.8) is 0 Å². The average molecular weight is 1900 g/mol. The van der Waals surface area contributed by atoms with Crippen molar-refractivity contribution >= 4 is 150 Å². The Bertz CT molecular complexity index is 5270. The minimum atomic E-state index is -2.10. The van der Waals surface area contributed by atoms with Gasteiger partial charge in [-0.2, -0.15) is 0 Å². The molecule has 724 valence electrons. The fourth-order valence-corrected chi connectivity index (χ4v) is 18.0. The third kappa shape index (κ3) is 31.4. The molecule has 43 heteroatoms. The second-order valence-electron chi connectivity index (χ2n) is 34.4. The van der Waals surface area contributed by atoms with E-state index in [1.165, 1.54) is 54.1 Å². The molecule has 2 fully saturated rings. The maximum absolute atomic E-state index is 16.4. The second-order valence-corrected chi connectivity index (χ2v) is 37.8. The molecule has 12 atom stereocenters. The number of nitrogens with two attached hydrogens (primary N) is 3. The van der Waals surface area contributed by atoms with Gasteiger partial charge in [0.25, 0.3) is 0 Å². The Balaban J connectivity index is 1.22. The molecule has 4 heterocycles. The van der Waals surface area contributed by atoms with Gasteiger partial charge in [-0.15, -0.1) is 0 Å². The van der Waals surface area contributed by atoms with E-state index in [1.807, 2.05) is 26.0 Å². The van der Waals surface area contributed by atoms with Crippen LogP contribution in [0, 0.1) is 6.92 Å². The summed E-state index contributed by atoms with van der Waals surface area (Å²) in [6.07, 6.45) is -1.88. The molecular formula is C91H121N19O22S2. The number of primary amides is 3. The number of nitrogens with zero attached hydrogens (tertiary/aromatic N) is 2. The van der Waals surface area contributed by atoms with Crippen LogP contribution < -0.4 is 91.1 Å². The number of aryl methyl sites for hydroxylation is 1. The molecule has 2 aliphatic rings. The molecule has 6 aromatic rings. The minimum Gasteiger partial charge on any atom is -0.494 e. The summed E-state index contributed by atoms with van der Waals surface area (Å²) in [6, 6.07) is 7.87. The van der Waals surface area contributed by atoms with Crippen LogP contribution in [0.3, 0.4) is 0 Å². The maximum atomic E-state index is 16.4. The van der Waals surface area contributed by atoms with Crippen molar-refractivity contribution in [2.24, 2.45) is 17.2 Å². The number of aliphatic hydroxyl groups is 1. The second kappa shape index (κ2) is 49.4. The zero-order valence-electron chi connectivity index (χ0n) is 76.3. The lowest BCUT2D eigenvalue weighted by molar-refractivity contribution is -0.142. The van der Waals surface area contributed by atoms with Crippen molar-refractivity contribution < 1.29 is 106 Å². The molecule has 0 aliphatic carbocycles. The number of benzene rings is 4. The molecule has 2 aromatic heterocycles. The summed E-state index contributed by atoms with van der Waals surface area (Å²) in [5, 5.41) is 57.8. The SMILES string of the molecule is CCCOc1ccc(C[C@H](NC(=O)[C@H]2NC(=O)[C@H](CCCCNC(C)=O)NC(=O)[C@H](Cc3c[nH]c4c(C)cccc34)NC(=O)[C@H]([C@@H](C)O)NC(=O)[C@H](CC(N)=O)NC(=O)[C@@H](NC(C)=O)C(C)(C)SSC2(C)C)C(=O)N[C@@H](Cc2ccc3ccccc3c2)C(=O)NC2(C(=O)N[C@@H](CCC(=O)O)C(=O)N[C@@H](CC(N)=O)C(=O)N[C@@H](Cc3cccnc3)C(=O)N(C)CC(N)=O)CCOCC2)cc1. The molecule has 134 heavy (non-hydrogen) atoms. The molecule has 0 saturated carbocycles. The lowest BCUT2D eigenvalue weighted by atomic mass is 9.87. The predicted molar refractivity (Wildman–Crippen MR) is 495 cm³/mol. The molecule has 0 spiro atoms. The number of nitrogens with one attached hydrogen (secondary N) is 14. The van der Waals surface area contributed by atoms with E-state index in [0.29, 0.717) is 57.3 Å². The van der Waals surface area contributed by atoms with E-state index in [9.17, 15) is 67.7 Å². The number of aliphatic hydroxyl groups excluding tert-OH is 1. The number of carboxylic acids is 1. The Morgan fingerprint density at radius 2 is 1.24 bits per heavy atom. The Kier molecular flexibility index (Phi) is 39.1. The van der Waals surface area contributed by atoms with Gasteiger partial charge in [-0.05, 0) is 130 Å². The maximum Gasteiger partial charge on any atom is 0.303 e. The normalized spacial score (nSPS) is 19.5. The number of aliphatic carboxylic acids is 1. The van der Waals surface area contributed by atoms with Gasteiger partial charge >= 0.3 is 5.97 Å². The van der Waals surface area contributed by atoms with E-state index in [0.717, 1.165) is 51.3 Å². The van der Waals surface area contributed by atoms with Crippen LogP contribution in [0.25, 0.3) is 21.7 Å². The molecule has 0 radical (unpaired) electrons. The van der Waals surface area contributed by atoms with Crippen molar-refractivity contribution in [3.05, 3.63) is 143 Å². The number of unbranched alkanes of at least 4 members (excludes halogenated alkanes) is 1. The Labute approximate surface area is 781 Å². The number of H-pyrrole nitrogens is 1. The summed E-state index contributed by atoms with van der Waals surface area (Å²) in [7, 11) is 3.03. The lowest BCUT2D eigenvalue weighted by Gasteiger charge is -2.39. The standard InChI is InChI=1S/C91H121N19O22S2/c1-11-36-132-59-28-25-53(26-29-59)40-63(79(121)100-64(41-54-24-27-56-20-12-13-21-57(56)39-54)83(125)109-91(32-37-131-38-33-91)88(130)106-62(30-31-72(117)118)77(119)101-66(44-69(92)114)81(123)105-68(42-55-19-17-34-95-46-55)87(129)110(10)48-71(94)116)103-86(128)76-90(8,9)134-133-89(6,7)75(98-52(5)113)85(127)104-67(45-70(93)115)82(124)107-74(50(3)111)84(126)102-65(43-58-47-97-73-49(2)18-16-22-60(58)73)80(122)99-61(78(120)108-76)23-14-15-35-96-51(4)112/h12-13,16-22,24-29,34,39,46-47,50,61-68,74-76,97,111H,11,14-15,23,30-33,35-38,40-45,48H2,1-10H3,(H2,92,114)(H2,93,115)(H2,94,116)(H,96,112)(H,98,113)(H,99,122)(H,100,121)(H,101,119)(H,102,126)(H,103,128)(H,104,127)(H,105,123)(H,106,130)(H,107,124)(H,108,120)(H,109,125)(H,117,118)/t50-,61+,62+,63+,64+,65+,66+,67+,68+,74+,75-,76-/m1/s1. The third-order valence-corrected chi connectivity index (χ3v) is 26.7. The zero-order chi connectivity index (χ0) is 98.5. The number of carboxylic acid groups (broad SMARTS) is 1. The van der Waals surface area contributed by atoms with Gasteiger partial charge in [-0.3, -0.25) is 91.3 Å². The molecule has 2 aliphatic heterocycles. The number of ether oxygens (including phenoxy) is 2. The number of likely N-dealkylation sites (N-methyl/N-ethyl adjacent to an activating group) is 1. The van der Waals surface area contributed by atoms with Crippen LogP contribution in [0.15, 0.2) is 116 Å². The number of fused-ring (bicyclic) bond motifs is 2. The monoisotopic (exact) mass is 1900 g/mol. The Morgan fingerprint density at radius 3 is 1.88 bits per heavy atom. The Hall–Kier alpha value is -13.3. The van der Waals surface area contributed by atoms with Crippen LogP contribution in [-0.2, 0) is 117 Å². The summed E-state index contributed by atoms with van der Waals surface area (Å²) in [4.78, 5) is 266. The molecule has 0 bridgehead atoms. The van der Waals surface area contributed by atoms with E-state index in [2.05, 4.69) is 79.1 Å². The van der Waals surface area contributed by atoms with Gasteiger partial charge in [0.1, 0.15) is 77.7 Å². The highest BCUT2D eigenvalue weighted by molar-refractivity contribution is 8.77. The minimum absolute atomic E-state index is 0.0965. The van der Waals surface area contributed by atoms with Crippen molar-refractivity contribution in [1.82, 2.24) is 84.0 Å². The quantitative estimate of drug-likeness (QED) is 0.0167. The van der Waals surface area contributed by atoms with Gasteiger partial charge in [0.2, 0.25) is 100 Å². The largest absolute Gasteiger partial charge is 0.494 e. The van der Waals surface area contributed by atoms with Crippen LogP contribution in [0.4, 0.5) is 0 Å².